The molecule has 0 bridgehead atoms. The highest BCUT2D eigenvalue weighted by molar-refractivity contribution is 9.10. The molecule has 128 valence electrons. The topological polar surface area (TPSA) is 47.4 Å². The molecule has 1 aliphatic rings. The van der Waals surface area contributed by atoms with Crippen molar-refractivity contribution in [2.75, 3.05) is 6.54 Å². The van der Waals surface area contributed by atoms with Crippen molar-refractivity contribution >= 4 is 22.0 Å². The molecule has 3 rings (SSSR count). The summed E-state index contributed by atoms with van der Waals surface area (Å²) in [4.78, 5) is 19.1. The molecule has 6 heteroatoms. The van der Waals surface area contributed by atoms with Crippen LogP contribution in [0.5, 0.6) is 0 Å². The molecule has 1 atom stereocenters. The number of amides is 1. The molecule has 0 saturated carbocycles. The Morgan fingerprint density at radius 3 is 2.75 bits per heavy atom. The number of carbonyl (C=O) groups is 1. The first kappa shape index (κ1) is 17.0. The molecule has 0 fully saturated rings. The Bertz CT molecular complexity index is 764. The maximum absolute atomic E-state index is 12.8. The minimum Gasteiger partial charge on any atom is -0.444 e. The first-order valence-corrected chi connectivity index (χ1v) is 8.81. The highest BCUT2D eigenvalue weighted by Gasteiger charge is 2.36. The van der Waals surface area contributed by atoms with Gasteiger partial charge in [0.15, 0.2) is 0 Å². The van der Waals surface area contributed by atoms with E-state index in [0.717, 1.165) is 22.3 Å². The Morgan fingerprint density at radius 1 is 1.38 bits per heavy atom. The highest BCUT2D eigenvalue weighted by Crippen LogP contribution is 2.36. The molecular weight excluding hydrogens is 370 g/mol. The van der Waals surface area contributed by atoms with Gasteiger partial charge in [-0.2, -0.15) is 0 Å². The molecule has 0 spiro atoms. The smallest absolute Gasteiger partial charge is 0.411 e. The van der Waals surface area contributed by atoms with Gasteiger partial charge in [-0.05, 0) is 50.5 Å². The number of carbonyl (C=O) groups excluding carboxylic acids is 1. The molecule has 1 aromatic heterocycles. The minimum atomic E-state index is -0.527. The zero-order valence-electron chi connectivity index (χ0n) is 14.4. The third-order valence-corrected chi connectivity index (χ3v) is 4.56. The van der Waals surface area contributed by atoms with Crippen molar-refractivity contribution in [2.24, 2.45) is 7.05 Å². The van der Waals surface area contributed by atoms with Crippen molar-refractivity contribution < 1.29 is 9.53 Å². The van der Waals surface area contributed by atoms with E-state index in [4.69, 9.17) is 4.74 Å². The number of hydrogen-bond donors (Lipinski definition) is 0. The summed E-state index contributed by atoms with van der Waals surface area (Å²) in [5.74, 6) is 0.833. The van der Waals surface area contributed by atoms with E-state index in [1.54, 1.807) is 11.1 Å². The third-order valence-electron chi connectivity index (χ3n) is 4.07. The van der Waals surface area contributed by atoms with Crippen molar-refractivity contribution in [2.45, 2.75) is 38.8 Å². The van der Waals surface area contributed by atoms with Crippen LogP contribution in [0.25, 0.3) is 0 Å². The number of aryl methyl sites for hydroxylation is 1. The Labute approximate surface area is 150 Å². The summed E-state index contributed by atoms with van der Waals surface area (Å²) in [7, 11) is 1.95. The van der Waals surface area contributed by atoms with Gasteiger partial charge in [0.1, 0.15) is 17.5 Å². The number of fused-ring (bicyclic) bond motifs is 1. The number of hydrogen-bond acceptors (Lipinski definition) is 3. The summed E-state index contributed by atoms with van der Waals surface area (Å²) < 4.78 is 8.58. The van der Waals surface area contributed by atoms with Gasteiger partial charge in [-0.1, -0.05) is 22.0 Å². The molecule has 1 amide bonds. The Balaban J connectivity index is 2.06. The summed E-state index contributed by atoms with van der Waals surface area (Å²) in [6, 6.07) is 5.98. The van der Waals surface area contributed by atoms with Crippen LogP contribution in [0.1, 0.15) is 43.8 Å². The average molecular weight is 392 g/mol. The minimum absolute atomic E-state index is 0.249. The van der Waals surface area contributed by atoms with E-state index < -0.39 is 5.60 Å². The largest absolute Gasteiger partial charge is 0.444 e. The van der Waals surface area contributed by atoms with Crippen molar-refractivity contribution in [3.05, 3.63) is 52.0 Å². The summed E-state index contributed by atoms with van der Waals surface area (Å²) >= 11 is 3.54. The van der Waals surface area contributed by atoms with E-state index in [2.05, 4.69) is 33.0 Å². The van der Waals surface area contributed by atoms with Crippen molar-refractivity contribution in [1.82, 2.24) is 14.5 Å². The number of nitrogens with zero attached hydrogens (tertiary/aromatic N) is 3. The lowest BCUT2D eigenvalue weighted by atomic mass is 9.92. The van der Waals surface area contributed by atoms with E-state index >= 15 is 0 Å². The summed E-state index contributed by atoms with van der Waals surface area (Å²) in [5, 5.41) is 0. The standard InChI is InChI=1S/C18H22BrN3O2/c1-18(2,3)24-17(23)22-9-7-12-5-6-13(19)11-14(12)15(22)16-20-8-10-21(16)4/h5-6,8,10-11,15H,7,9H2,1-4H3. The molecule has 1 aromatic carbocycles. The van der Waals surface area contributed by atoms with E-state index in [0.29, 0.717) is 6.54 Å². The fraction of sp³-hybridized carbons (Fsp3) is 0.444. The molecule has 0 radical (unpaired) electrons. The first-order chi connectivity index (χ1) is 11.3. The molecule has 1 unspecified atom stereocenters. The predicted octanol–water partition coefficient (Wildman–Crippen LogP) is 4.07. The zero-order valence-corrected chi connectivity index (χ0v) is 16.0. The average Bonchev–Trinajstić information content (AvgIpc) is 2.90. The van der Waals surface area contributed by atoms with Gasteiger partial charge >= 0.3 is 6.09 Å². The maximum Gasteiger partial charge on any atom is 0.411 e. The number of benzene rings is 1. The summed E-state index contributed by atoms with van der Waals surface area (Å²) in [6.45, 7) is 6.26. The second-order valence-corrected chi connectivity index (χ2v) is 7.98. The van der Waals surface area contributed by atoms with Gasteiger partial charge in [0.25, 0.3) is 0 Å². The molecule has 5 nitrogen and oxygen atoms in total. The van der Waals surface area contributed by atoms with Gasteiger partial charge < -0.3 is 9.30 Å². The van der Waals surface area contributed by atoms with Crippen LogP contribution in [0.2, 0.25) is 0 Å². The monoisotopic (exact) mass is 391 g/mol. The fourth-order valence-corrected chi connectivity index (χ4v) is 3.40. The van der Waals surface area contributed by atoms with Gasteiger partial charge in [-0.15, -0.1) is 0 Å². The van der Waals surface area contributed by atoms with Gasteiger partial charge in [-0.3, -0.25) is 4.90 Å². The van der Waals surface area contributed by atoms with Crippen LogP contribution in [-0.4, -0.2) is 32.7 Å². The van der Waals surface area contributed by atoms with E-state index in [-0.39, 0.29) is 12.1 Å². The molecule has 2 heterocycles. The lowest BCUT2D eigenvalue weighted by molar-refractivity contribution is 0.0169. The van der Waals surface area contributed by atoms with Gasteiger partial charge in [0.2, 0.25) is 0 Å². The van der Waals surface area contributed by atoms with Crippen LogP contribution in [-0.2, 0) is 18.2 Å². The normalized spacial score (nSPS) is 17.5. The molecule has 24 heavy (non-hydrogen) atoms. The van der Waals surface area contributed by atoms with Crippen LogP contribution in [0.15, 0.2) is 35.1 Å². The van der Waals surface area contributed by atoms with Crippen molar-refractivity contribution in [1.29, 1.82) is 0 Å². The van der Waals surface area contributed by atoms with Crippen molar-refractivity contribution in [3.8, 4) is 0 Å². The highest BCUT2D eigenvalue weighted by atomic mass is 79.9. The molecule has 0 aliphatic carbocycles. The maximum atomic E-state index is 12.8. The molecule has 0 N–H and O–H groups in total. The third kappa shape index (κ3) is 3.34. The zero-order chi connectivity index (χ0) is 17.5. The van der Waals surface area contributed by atoms with Crippen LogP contribution in [0.4, 0.5) is 4.79 Å². The molecular formula is C18H22BrN3O2. The number of rotatable bonds is 1. The summed E-state index contributed by atoms with van der Waals surface area (Å²) in [6.07, 6.45) is 4.16. The lowest BCUT2D eigenvalue weighted by Gasteiger charge is -2.37. The molecule has 0 saturated heterocycles. The predicted molar refractivity (Wildman–Crippen MR) is 95.8 cm³/mol. The second kappa shape index (κ2) is 6.24. The van der Waals surface area contributed by atoms with Crippen LogP contribution >= 0.6 is 15.9 Å². The first-order valence-electron chi connectivity index (χ1n) is 8.01. The number of halogens is 1. The summed E-state index contributed by atoms with van der Waals surface area (Å²) in [5.41, 5.74) is 1.81. The van der Waals surface area contributed by atoms with E-state index in [1.807, 2.05) is 44.6 Å². The Hall–Kier alpha value is -1.82. The van der Waals surface area contributed by atoms with Gasteiger partial charge in [-0.25, -0.2) is 9.78 Å². The second-order valence-electron chi connectivity index (χ2n) is 7.07. The van der Waals surface area contributed by atoms with Crippen LogP contribution in [0, 0.1) is 0 Å². The SMILES string of the molecule is Cn1ccnc1C1c2cc(Br)ccc2CCN1C(=O)OC(C)(C)C. The Kier molecular flexibility index (Phi) is 4.42. The van der Waals surface area contributed by atoms with E-state index in [1.165, 1.54) is 5.56 Å². The quantitative estimate of drug-likeness (QED) is 0.735. The van der Waals surface area contributed by atoms with Crippen molar-refractivity contribution in [3.63, 3.8) is 0 Å². The van der Waals surface area contributed by atoms with Gasteiger partial charge in [0, 0.05) is 30.5 Å². The lowest BCUT2D eigenvalue weighted by Crippen LogP contribution is -2.44. The number of aromatic nitrogens is 2. The van der Waals surface area contributed by atoms with E-state index in [9.17, 15) is 4.79 Å². The molecule has 2 aromatic rings. The van der Waals surface area contributed by atoms with Crippen LogP contribution < -0.4 is 0 Å². The number of ether oxygens (including phenoxy) is 1. The fourth-order valence-electron chi connectivity index (χ4n) is 3.02. The molecule has 1 aliphatic heterocycles. The van der Waals surface area contributed by atoms with Crippen LogP contribution in [0.3, 0.4) is 0 Å². The van der Waals surface area contributed by atoms with Gasteiger partial charge in [0.05, 0.1) is 0 Å². The number of imidazole rings is 1. The Morgan fingerprint density at radius 2 is 2.12 bits per heavy atom.